The Balaban J connectivity index is 2.18. The molecule has 0 aliphatic heterocycles. The molecule has 4 aromatic rings. The summed E-state index contributed by atoms with van der Waals surface area (Å²) in [7, 11) is 0. The van der Waals surface area contributed by atoms with E-state index in [9.17, 15) is 0 Å². The number of hydrogen-bond donors (Lipinski definition) is 2. The summed E-state index contributed by atoms with van der Waals surface area (Å²) in [4.78, 5) is 0. The molecule has 0 radical (unpaired) electrons. The summed E-state index contributed by atoms with van der Waals surface area (Å²) in [5.74, 6) is 0. The number of anilines is 2. The van der Waals surface area contributed by atoms with Crippen LogP contribution in [0.1, 0.15) is 22.3 Å². The monoisotopic (exact) mass is 340 g/mol. The van der Waals surface area contributed by atoms with Crippen molar-refractivity contribution in [3.8, 4) is 11.1 Å². The Morgan fingerprint density at radius 3 is 1.27 bits per heavy atom. The lowest BCUT2D eigenvalue weighted by Crippen LogP contribution is -1.97. The second kappa shape index (κ2) is 5.77. The molecule has 2 heteroatoms. The minimum Gasteiger partial charge on any atom is -0.398 e. The molecule has 0 unspecified atom stereocenters. The van der Waals surface area contributed by atoms with Crippen molar-refractivity contribution in [2.24, 2.45) is 0 Å². The fourth-order valence-corrected chi connectivity index (χ4v) is 3.85. The van der Waals surface area contributed by atoms with Crippen LogP contribution in [0.4, 0.5) is 11.4 Å². The summed E-state index contributed by atoms with van der Waals surface area (Å²) in [6, 6.07) is 17.4. The molecule has 130 valence electrons. The van der Waals surface area contributed by atoms with Crippen LogP contribution < -0.4 is 11.5 Å². The fraction of sp³-hybridized carbons (Fsp3) is 0.167. The summed E-state index contributed by atoms with van der Waals surface area (Å²) in [5.41, 5.74) is 21.6. The number of fused-ring (bicyclic) bond motifs is 2. The molecule has 26 heavy (non-hydrogen) atoms. The van der Waals surface area contributed by atoms with E-state index >= 15 is 0 Å². The zero-order chi connectivity index (χ0) is 18.6. The fourth-order valence-electron chi connectivity index (χ4n) is 3.85. The van der Waals surface area contributed by atoms with Crippen molar-refractivity contribution in [1.82, 2.24) is 0 Å². The van der Waals surface area contributed by atoms with Gasteiger partial charge < -0.3 is 11.5 Å². The lowest BCUT2D eigenvalue weighted by Gasteiger charge is -2.17. The van der Waals surface area contributed by atoms with Gasteiger partial charge in [-0.1, -0.05) is 35.4 Å². The average Bonchev–Trinajstić information content (AvgIpc) is 2.61. The summed E-state index contributed by atoms with van der Waals surface area (Å²) >= 11 is 0. The Bertz CT molecular complexity index is 1090. The van der Waals surface area contributed by atoms with Crippen LogP contribution in [-0.4, -0.2) is 0 Å². The maximum absolute atomic E-state index is 6.40. The first-order valence-corrected chi connectivity index (χ1v) is 8.96. The van der Waals surface area contributed by atoms with Gasteiger partial charge in [0, 0.05) is 22.1 Å². The molecule has 2 nitrogen and oxygen atoms in total. The van der Waals surface area contributed by atoms with Crippen LogP contribution in [0, 0.1) is 27.7 Å². The zero-order valence-electron chi connectivity index (χ0n) is 15.8. The predicted molar refractivity (Wildman–Crippen MR) is 115 cm³/mol. The first-order chi connectivity index (χ1) is 12.4. The van der Waals surface area contributed by atoms with Crippen LogP contribution in [0.2, 0.25) is 0 Å². The van der Waals surface area contributed by atoms with Gasteiger partial charge in [-0.15, -0.1) is 0 Å². The second-order valence-electron chi connectivity index (χ2n) is 7.41. The van der Waals surface area contributed by atoms with E-state index in [-0.39, 0.29) is 0 Å². The molecule has 0 aliphatic carbocycles. The molecule has 0 aliphatic rings. The van der Waals surface area contributed by atoms with Crippen molar-refractivity contribution >= 4 is 32.9 Å². The van der Waals surface area contributed by atoms with Gasteiger partial charge in [-0.25, -0.2) is 0 Å². The molecule has 0 heterocycles. The molecule has 4 rings (SSSR count). The molecule has 0 aromatic heterocycles. The molecular weight excluding hydrogens is 316 g/mol. The van der Waals surface area contributed by atoms with Crippen LogP contribution in [0.3, 0.4) is 0 Å². The van der Waals surface area contributed by atoms with Gasteiger partial charge in [0.05, 0.1) is 0 Å². The van der Waals surface area contributed by atoms with Crippen molar-refractivity contribution in [3.05, 3.63) is 70.8 Å². The third-order valence-electron chi connectivity index (χ3n) is 5.37. The van der Waals surface area contributed by atoms with E-state index < -0.39 is 0 Å². The van der Waals surface area contributed by atoms with E-state index in [0.29, 0.717) is 0 Å². The summed E-state index contributed by atoms with van der Waals surface area (Å²) in [6.07, 6.45) is 0. The van der Waals surface area contributed by atoms with Gasteiger partial charge in [0.2, 0.25) is 0 Å². The maximum Gasteiger partial charge on any atom is 0.0423 e. The molecule has 0 fully saturated rings. The second-order valence-corrected chi connectivity index (χ2v) is 7.41. The van der Waals surface area contributed by atoms with Crippen molar-refractivity contribution in [3.63, 3.8) is 0 Å². The van der Waals surface area contributed by atoms with E-state index in [4.69, 9.17) is 11.5 Å². The zero-order valence-corrected chi connectivity index (χ0v) is 15.8. The van der Waals surface area contributed by atoms with Crippen LogP contribution in [-0.2, 0) is 0 Å². The number of hydrogen-bond acceptors (Lipinski definition) is 2. The van der Waals surface area contributed by atoms with Crippen molar-refractivity contribution in [1.29, 1.82) is 0 Å². The molecule has 4 N–H and O–H groups in total. The molecule has 0 bridgehead atoms. The van der Waals surface area contributed by atoms with Crippen molar-refractivity contribution in [2.45, 2.75) is 27.7 Å². The maximum atomic E-state index is 6.40. The Hall–Kier alpha value is -3.00. The van der Waals surface area contributed by atoms with Crippen LogP contribution >= 0.6 is 0 Å². The van der Waals surface area contributed by atoms with Crippen molar-refractivity contribution in [2.75, 3.05) is 11.5 Å². The first kappa shape index (κ1) is 16.5. The van der Waals surface area contributed by atoms with Gasteiger partial charge in [-0.2, -0.15) is 0 Å². The number of nitrogen functional groups attached to an aromatic ring is 2. The normalized spacial score (nSPS) is 11.4. The van der Waals surface area contributed by atoms with Gasteiger partial charge >= 0.3 is 0 Å². The molecule has 0 saturated heterocycles. The Morgan fingerprint density at radius 2 is 0.885 bits per heavy atom. The van der Waals surface area contributed by atoms with E-state index in [1.165, 1.54) is 33.0 Å². The first-order valence-electron chi connectivity index (χ1n) is 8.96. The van der Waals surface area contributed by atoms with Crippen LogP contribution in [0.25, 0.3) is 32.7 Å². The number of aryl methyl sites for hydroxylation is 4. The highest BCUT2D eigenvalue weighted by Crippen LogP contribution is 2.40. The third kappa shape index (κ3) is 2.41. The van der Waals surface area contributed by atoms with Crippen LogP contribution in [0.5, 0.6) is 0 Å². The van der Waals surface area contributed by atoms with Gasteiger partial charge in [0.1, 0.15) is 0 Å². The topological polar surface area (TPSA) is 52.0 Å². The molecule has 0 saturated carbocycles. The lowest BCUT2D eigenvalue weighted by atomic mass is 9.89. The van der Waals surface area contributed by atoms with Gasteiger partial charge in [0.25, 0.3) is 0 Å². The van der Waals surface area contributed by atoms with E-state index in [0.717, 1.165) is 33.3 Å². The smallest absolute Gasteiger partial charge is 0.0423 e. The van der Waals surface area contributed by atoms with Gasteiger partial charge in [0.15, 0.2) is 0 Å². The standard InChI is InChI=1S/C24H24N2/c1-13-5-7-17-19(11-15(3)23(25)21(17)9-13)20-12-16(4)24(26)22-10-14(2)6-8-18(20)22/h5-12H,25-26H2,1-4H3. The summed E-state index contributed by atoms with van der Waals surface area (Å²) < 4.78 is 0. The lowest BCUT2D eigenvalue weighted by molar-refractivity contribution is 1.45. The number of rotatable bonds is 1. The van der Waals surface area contributed by atoms with E-state index in [1.54, 1.807) is 0 Å². The summed E-state index contributed by atoms with van der Waals surface area (Å²) in [6.45, 7) is 8.37. The highest BCUT2D eigenvalue weighted by Gasteiger charge is 2.14. The average molecular weight is 340 g/mol. The van der Waals surface area contributed by atoms with Gasteiger partial charge in [-0.05, 0) is 85.0 Å². The molecule has 0 amide bonds. The molecule has 0 atom stereocenters. The Kier molecular flexibility index (Phi) is 3.66. The predicted octanol–water partition coefficient (Wildman–Crippen LogP) is 6.06. The highest BCUT2D eigenvalue weighted by molar-refractivity contribution is 6.12. The highest BCUT2D eigenvalue weighted by atomic mass is 14.6. The van der Waals surface area contributed by atoms with Crippen molar-refractivity contribution < 1.29 is 0 Å². The largest absolute Gasteiger partial charge is 0.398 e. The van der Waals surface area contributed by atoms with Gasteiger partial charge in [-0.3, -0.25) is 0 Å². The number of benzene rings is 4. The molecule has 0 spiro atoms. The van der Waals surface area contributed by atoms with Crippen LogP contribution in [0.15, 0.2) is 48.5 Å². The molecule has 4 aromatic carbocycles. The minimum atomic E-state index is 0.861. The summed E-state index contributed by atoms with van der Waals surface area (Å²) in [5, 5.41) is 4.61. The minimum absolute atomic E-state index is 0.861. The Labute approximate surface area is 154 Å². The third-order valence-corrected chi connectivity index (χ3v) is 5.37. The molecular formula is C24H24N2. The quantitative estimate of drug-likeness (QED) is 0.414. The Morgan fingerprint density at radius 1 is 0.500 bits per heavy atom. The van der Waals surface area contributed by atoms with E-state index in [1.807, 2.05) is 0 Å². The van der Waals surface area contributed by atoms with E-state index in [2.05, 4.69) is 76.2 Å². The number of nitrogens with two attached hydrogens (primary N) is 2. The SMILES string of the molecule is Cc1ccc2c(-c3cc(C)c(N)c4cc(C)ccc34)cc(C)c(N)c2c1.